The van der Waals surface area contributed by atoms with Crippen molar-refractivity contribution in [2.45, 2.75) is 53.4 Å². The van der Waals surface area contributed by atoms with Gasteiger partial charge >= 0.3 is 11.9 Å². The zero-order chi connectivity index (χ0) is 23.7. The summed E-state index contributed by atoms with van der Waals surface area (Å²) in [5.41, 5.74) is 5.10. The Kier molecular flexibility index (Phi) is 9.21. The van der Waals surface area contributed by atoms with Crippen molar-refractivity contribution in [1.29, 1.82) is 0 Å². The van der Waals surface area contributed by atoms with Gasteiger partial charge in [-0.15, -0.1) is 0 Å². The maximum Gasteiger partial charge on any atom is 0.338 e. The van der Waals surface area contributed by atoms with E-state index in [-0.39, 0.29) is 0 Å². The second-order valence-electron chi connectivity index (χ2n) is 7.89. The van der Waals surface area contributed by atoms with Crippen LogP contribution in [0.4, 0.5) is 0 Å². The molecule has 0 bridgehead atoms. The number of ether oxygens (including phenoxy) is 2. The molecule has 0 unspecified atom stereocenters. The summed E-state index contributed by atoms with van der Waals surface area (Å²) in [5.74, 6) is 0.197. The van der Waals surface area contributed by atoms with Crippen LogP contribution in [0.2, 0.25) is 0 Å². The topological polar surface area (TPSA) is 52.6 Å². The van der Waals surface area contributed by atoms with E-state index in [1.807, 2.05) is 24.3 Å². The number of hydrogen-bond donors (Lipinski definition) is 0. The monoisotopic (exact) mass is 432 g/mol. The molecule has 4 heteroatoms. The number of rotatable bonds is 10. The van der Waals surface area contributed by atoms with E-state index in [1.54, 1.807) is 26.0 Å². The highest BCUT2D eigenvalue weighted by Crippen LogP contribution is 2.25. The average Bonchev–Trinajstić information content (AvgIpc) is 2.74. The molecule has 0 fully saturated rings. The number of aryl methyl sites for hydroxylation is 2. The summed E-state index contributed by atoms with van der Waals surface area (Å²) in [7, 11) is 0. The predicted molar refractivity (Wildman–Crippen MR) is 131 cm³/mol. The van der Waals surface area contributed by atoms with Crippen LogP contribution in [0.15, 0.2) is 60.7 Å². The fraction of sp³-hybridized carbons (Fsp3) is 0.286. The summed E-state index contributed by atoms with van der Waals surface area (Å²) in [6.45, 7) is 14.7. The summed E-state index contributed by atoms with van der Waals surface area (Å²) < 4.78 is 10.8. The minimum Gasteiger partial charge on any atom is -0.423 e. The first kappa shape index (κ1) is 24.9. The van der Waals surface area contributed by atoms with Crippen molar-refractivity contribution in [1.82, 2.24) is 0 Å². The minimum absolute atomic E-state index is 0.367. The Morgan fingerprint density at radius 2 is 1.12 bits per heavy atom. The van der Waals surface area contributed by atoms with E-state index in [0.717, 1.165) is 47.9 Å². The zero-order valence-corrected chi connectivity index (χ0v) is 19.5. The van der Waals surface area contributed by atoms with Crippen LogP contribution >= 0.6 is 0 Å². The van der Waals surface area contributed by atoms with E-state index in [0.29, 0.717) is 22.6 Å². The van der Waals surface area contributed by atoms with Gasteiger partial charge in [0.2, 0.25) is 0 Å². The molecule has 0 aliphatic rings. The molecule has 0 aliphatic carbocycles. The quantitative estimate of drug-likeness (QED) is 0.181. The Hall–Kier alpha value is -3.40. The number of carbonyl (C=O) groups is 2. The predicted octanol–water partition coefficient (Wildman–Crippen LogP) is 6.73. The van der Waals surface area contributed by atoms with Gasteiger partial charge in [0.05, 0.1) is 0 Å². The smallest absolute Gasteiger partial charge is 0.338 e. The second kappa shape index (κ2) is 11.8. The summed E-state index contributed by atoms with van der Waals surface area (Å²) in [6, 6.07) is 11.4. The zero-order valence-electron chi connectivity index (χ0n) is 19.5. The fourth-order valence-corrected chi connectivity index (χ4v) is 3.16. The molecule has 4 nitrogen and oxygen atoms in total. The molecule has 0 aromatic heterocycles. The lowest BCUT2D eigenvalue weighted by molar-refractivity contribution is -0.130. The van der Waals surface area contributed by atoms with Crippen LogP contribution in [0.3, 0.4) is 0 Å². The maximum atomic E-state index is 11.8. The van der Waals surface area contributed by atoms with Crippen LogP contribution in [0.5, 0.6) is 11.5 Å². The number of benzene rings is 2. The van der Waals surface area contributed by atoms with Gasteiger partial charge < -0.3 is 9.47 Å². The van der Waals surface area contributed by atoms with E-state index in [4.69, 9.17) is 9.47 Å². The first-order valence-corrected chi connectivity index (χ1v) is 10.9. The molecule has 0 heterocycles. The van der Waals surface area contributed by atoms with Crippen molar-refractivity contribution >= 4 is 24.1 Å². The van der Waals surface area contributed by atoms with E-state index < -0.39 is 11.9 Å². The van der Waals surface area contributed by atoms with Gasteiger partial charge in [0.25, 0.3) is 0 Å². The number of hydrogen-bond acceptors (Lipinski definition) is 4. The third-order valence-corrected chi connectivity index (χ3v) is 4.83. The molecule has 0 saturated carbocycles. The summed E-state index contributed by atoms with van der Waals surface area (Å²) in [5, 5.41) is 0. The van der Waals surface area contributed by atoms with Gasteiger partial charge in [-0.25, -0.2) is 9.59 Å². The Morgan fingerprint density at radius 3 is 1.44 bits per heavy atom. The molecule has 0 saturated heterocycles. The van der Waals surface area contributed by atoms with Crippen LogP contribution in [0.25, 0.3) is 12.2 Å². The fourth-order valence-electron chi connectivity index (χ4n) is 3.16. The second-order valence-corrected chi connectivity index (χ2v) is 7.89. The summed E-state index contributed by atoms with van der Waals surface area (Å²) in [6.07, 6.45) is 7.84. The van der Waals surface area contributed by atoms with Crippen LogP contribution in [0.1, 0.15) is 62.8 Å². The average molecular weight is 433 g/mol. The Bertz CT molecular complexity index is 960. The lowest BCUT2D eigenvalue weighted by Gasteiger charge is -2.11. The third-order valence-electron chi connectivity index (χ3n) is 4.83. The van der Waals surface area contributed by atoms with Gasteiger partial charge in [-0.3, -0.25) is 0 Å². The van der Waals surface area contributed by atoms with Crippen molar-refractivity contribution in [3.8, 4) is 11.5 Å². The molecule has 168 valence electrons. The van der Waals surface area contributed by atoms with Crippen molar-refractivity contribution in [2.75, 3.05) is 0 Å². The van der Waals surface area contributed by atoms with Gasteiger partial charge in [-0.05, 0) is 73.2 Å². The van der Waals surface area contributed by atoms with Gasteiger partial charge in [0.1, 0.15) is 11.5 Å². The van der Waals surface area contributed by atoms with Crippen molar-refractivity contribution in [3.05, 3.63) is 83.0 Å². The highest BCUT2D eigenvalue weighted by Gasteiger charge is 2.10. The Morgan fingerprint density at radius 1 is 0.750 bits per heavy atom. The van der Waals surface area contributed by atoms with Crippen molar-refractivity contribution < 1.29 is 19.1 Å². The molecular weight excluding hydrogens is 400 g/mol. The highest BCUT2D eigenvalue weighted by molar-refractivity contribution is 5.89. The largest absolute Gasteiger partial charge is 0.423 e. The number of esters is 2. The van der Waals surface area contributed by atoms with Gasteiger partial charge in [0, 0.05) is 11.1 Å². The lowest BCUT2D eigenvalue weighted by atomic mass is 9.99. The summed E-state index contributed by atoms with van der Waals surface area (Å²) in [4.78, 5) is 23.7. The van der Waals surface area contributed by atoms with E-state index in [1.165, 1.54) is 0 Å². The van der Waals surface area contributed by atoms with E-state index in [2.05, 4.69) is 39.2 Å². The van der Waals surface area contributed by atoms with Crippen LogP contribution in [0, 0.1) is 0 Å². The van der Waals surface area contributed by atoms with Gasteiger partial charge in [-0.1, -0.05) is 64.1 Å². The SMILES string of the molecule is C=C(C)C(=O)Oc1ccc(/C=C/c2ccc(OC(=O)C(=C)C)cc2CCC)c(CCC)c1. The molecule has 2 aromatic carbocycles. The molecular formula is C28H32O4. The first-order valence-electron chi connectivity index (χ1n) is 10.9. The van der Waals surface area contributed by atoms with Gasteiger partial charge in [-0.2, -0.15) is 0 Å². The highest BCUT2D eigenvalue weighted by atomic mass is 16.5. The minimum atomic E-state index is -0.424. The molecule has 0 atom stereocenters. The van der Waals surface area contributed by atoms with E-state index in [9.17, 15) is 9.59 Å². The van der Waals surface area contributed by atoms with Gasteiger partial charge in [0.15, 0.2) is 0 Å². The van der Waals surface area contributed by atoms with Crippen molar-refractivity contribution in [3.63, 3.8) is 0 Å². The molecule has 0 aliphatic heterocycles. The lowest BCUT2D eigenvalue weighted by Crippen LogP contribution is -2.08. The standard InChI is InChI=1S/C28H32O4/c1-7-9-23-17-25(31-27(29)19(3)4)15-13-21(23)11-12-22-14-16-26(18-24(22)10-8-2)32-28(30)20(5)6/h11-18H,3,5,7-10H2,1-2,4,6H3/b12-11+. The van der Waals surface area contributed by atoms with Crippen molar-refractivity contribution in [2.24, 2.45) is 0 Å². The molecule has 32 heavy (non-hydrogen) atoms. The molecule has 0 radical (unpaired) electrons. The third kappa shape index (κ3) is 7.09. The van der Waals surface area contributed by atoms with E-state index >= 15 is 0 Å². The molecule has 2 rings (SSSR count). The molecule has 0 amide bonds. The molecule has 2 aromatic rings. The Labute approximate surface area is 191 Å². The normalized spacial score (nSPS) is 10.8. The van der Waals surface area contributed by atoms with Crippen LogP contribution in [-0.2, 0) is 22.4 Å². The maximum absolute atomic E-state index is 11.8. The first-order chi connectivity index (χ1) is 15.2. The molecule has 0 N–H and O–H groups in total. The Balaban J connectivity index is 2.32. The summed E-state index contributed by atoms with van der Waals surface area (Å²) >= 11 is 0. The van der Waals surface area contributed by atoms with Crippen LogP contribution in [-0.4, -0.2) is 11.9 Å². The number of carbonyl (C=O) groups excluding carboxylic acids is 2. The van der Waals surface area contributed by atoms with Crippen LogP contribution < -0.4 is 9.47 Å². The molecule has 0 spiro atoms.